The molecule has 0 atom stereocenters. The summed E-state index contributed by atoms with van der Waals surface area (Å²) in [6.45, 7) is 0.226. The van der Waals surface area contributed by atoms with Crippen LogP contribution in [0.1, 0.15) is 16.1 Å². The van der Waals surface area contributed by atoms with E-state index in [4.69, 9.17) is 28.6 Å². The molecular weight excluding hydrogens is 390 g/mol. The standard InChI is InChI=1S/C17H18ClN5O3S/c1-26-13-4-2-11(3-5-13)9-21-17(27)23-22-15(24)10-20-16(25)14-8-12(18)6-7-19-14/h2-8H,9-10H2,1H3,(H,20,25)(H,22,24)(H2,21,23,27). The summed E-state index contributed by atoms with van der Waals surface area (Å²) in [6.07, 6.45) is 1.41. The van der Waals surface area contributed by atoms with E-state index in [1.165, 1.54) is 12.3 Å². The van der Waals surface area contributed by atoms with Crippen LogP contribution in [0.25, 0.3) is 0 Å². The van der Waals surface area contributed by atoms with Gasteiger partial charge in [0.05, 0.1) is 13.7 Å². The third kappa shape index (κ3) is 7.08. The van der Waals surface area contributed by atoms with E-state index >= 15 is 0 Å². The van der Waals surface area contributed by atoms with Gasteiger partial charge in [0, 0.05) is 17.8 Å². The summed E-state index contributed by atoms with van der Waals surface area (Å²) in [5.41, 5.74) is 6.06. The average Bonchev–Trinajstić information content (AvgIpc) is 2.69. The van der Waals surface area contributed by atoms with Crippen LogP contribution in [0.4, 0.5) is 0 Å². The Balaban J connectivity index is 1.66. The first kappa shape index (κ1) is 20.4. The molecule has 4 N–H and O–H groups in total. The van der Waals surface area contributed by atoms with Gasteiger partial charge in [-0.2, -0.15) is 0 Å². The van der Waals surface area contributed by atoms with Crippen molar-refractivity contribution in [1.82, 2.24) is 26.5 Å². The number of amides is 2. The van der Waals surface area contributed by atoms with Gasteiger partial charge < -0.3 is 15.4 Å². The molecule has 27 heavy (non-hydrogen) atoms. The third-order valence-electron chi connectivity index (χ3n) is 3.29. The maximum absolute atomic E-state index is 11.9. The van der Waals surface area contributed by atoms with Crippen LogP contribution in [0.5, 0.6) is 5.75 Å². The van der Waals surface area contributed by atoms with Crippen molar-refractivity contribution >= 4 is 40.7 Å². The van der Waals surface area contributed by atoms with Gasteiger partial charge in [-0.3, -0.25) is 25.4 Å². The summed E-state index contributed by atoms with van der Waals surface area (Å²) in [5.74, 6) is -0.214. The smallest absolute Gasteiger partial charge is 0.270 e. The zero-order chi connectivity index (χ0) is 19.6. The number of ether oxygens (including phenoxy) is 1. The molecule has 0 saturated carbocycles. The van der Waals surface area contributed by atoms with Crippen LogP contribution in [0.2, 0.25) is 5.02 Å². The maximum atomic E-state index is 11.9. The predicted octanol–water partition coefficient (Wildman–Crippen LogP) is 1.17. The summed E-state index contributed by atoms with van der Waals surface area (Å²) >= 11 is 10.9. The molecule has 0 unspecified atom stereocenters. The summed E-state index contributed by atoms with van der Waals surface area (Å²) in [6, 6.07) is 10.4. The van der Waals surface area contributed by atoms with Gasteiger partial charge in [0.25, 0.3) is 11.8 Å². The zero-order valence-corrected chi connectivity index (χ0v) is 16.0. The van der Waals surface area contributed by atoms with Crippen LogP contribution in [-0.2, 0) is 11.3 Å². The van der Waals surface area contributed by atoms with Crippen LogP contribution in [0.15, 0.2) is 42.6 Å². The van der Waals surface area contributed by atoms with Crippen molar-refractivity contribution in [2.45, 2.75) is 6.54 Å². The maximum Gasteiger partial charge on any atom is 0.270 e. The van der Waals surface area contributed by atoms with E-state index in [0.29, 0.717) is 11.6 Å². The largest absolute Gasteiger partial charge is 0.497 e. The fraction of sp³-hybridized carbons (Fsp3) is 0.176. The number of aromatic nitrogens is 1. The number of pyridine rings is 1. The Morgan fingerprint density at radius 2 is 1.89 bits per heavy atom. The van der Waals surface area contributed by atoms with Gasteiger partial charge in [0.15, 0.2) is 5.11 Å². The summed E-state index contributed by atoms with van der Waals surface area (Å²) in [4.78, 5) is 27.5. The number of nitrogens with zero attached hydrogens (tertiary/aromatic N) is 1. The molecule has 2 amide bonds. The lowest BCUT2D eigenvalue weighted by molar-refractivity contribution is -0.120. The monoisotopic (exact) mass is 407 g/mol. The summed E-state index contributed by atoms with van der Waals surface area (Å²) in [5, 5.41) is 5.99. The topological polar surface area (TPSA) is 104 Å². The first-order valence-electron chi connectivity index (χ1n) is 7.83. The van der Waals surface area contributed by atoms with Gasteiger partial charge in [0.2, 0.25) is 0 Å². The molecule has 0 aliphatic heterocycles. The number of hydrogen-bond acceptors (Lipinski definition) is 5. The molecule has 1 aromatic heterocycles. The molecule has 0 radical (unpaired) electrons. The summed E-state index contributed by atoms with van der Waals surface area (Å²) < 4.78 is 5.09. The van der Waals surface area contributed by atoms with E-state index in [1.54, 1.807) is 13.2 Å². The molecule has 0 aliphatic carbocycles. The second-order valence-electron chi connectivity index (χ2n) is 5.25. The number of thiocarbonyl (C=S) groups is 1. The Kier molecular flexibility index (Phi) is 7.78. The molecule has 2 rings (SSSR count). The number of nitrogens with one attached hydrogen (secondary N) is 4. The highest BCUT2D eigenvalue weighted by Crippen LogP contribution is 2.10. The Labute approximate surface area is 166 Å². The molecule has 0 bridgehead atoms. The normalized spacial score (nSPS) is 9.85. The average molecular weight is 408 g/mol. The number of carbonyl (C=O) groups is 2. The van der Waals surface area contributed by atoms with Crippen LogP contribution < -0.4 is 26.2 Å². The fourth-order valence-corrected chi connectivity index (χ4v) is 2.20. The van der Waals surface area contributed by atoms with Gasteiger partial charge in [-0.15, -0.1) is 0 Å². The highest BCUT2D eigenvalue weighted by molar-refractivity contribution is 7.80. The third-order valence-corrected chi connectivity index (χ3v) is 3.77. The van der Waals surface area contributed by atoms with Crippen molar-refractivity contribution in [3.8, 4) is 5.75 Å². The molecule has 0 aliphatic rings. The van der Waals surface area contributed by atoms with E-state index in [0.717, 1.165) is 11.3 Å². The molecule has 8 nitrogen and oxygen atoms in total. The van der Waals surface area contributed by atoms with Crippen molar-refractivity contribution in [3.05, 3.63) is 58.9 Å². The van der Waals surface area contributed by atoms with E-state index in [-0.39, 0.29) is 17.4 Å². The van der Waals surface area contributed by atoms with Crippen LogP contribution in [-0.4, -0.2) is 35.6 Å². The lowest BCUT2D eigenvalue weighted by Gasteiger charge is -2.12. The number of carbonyl (C=O) groups excluding carboxylic acids is 2. The Hall–Kier alpha value is -2.91. The highest BCUT2D eigenvalue weighted by atomic mass is 35.5. The van der Waals surface area contributed by atoms with Crippen molar-refractivity contribution in [1.29, 1.82) is 0 Å². The number of hydrogen-bond donors (Lipinski definition) is 4. The van der Waals surface area contributed by atoms with Crippen LogP contribution in [0.3, 0.4) is 0 Å². The molecule has 1 aromatic carbocycles. The molecule has 10 heteroatoms. The first-order chi connectivity index (χ1) is 13.0. The highest BCUT2D eigenvalue weighted by Gasteiger charge is 2.09. The van der Waals surface area contributed by atoms with Gasteiger partial charge >= 0.3 is 0 Å². The van der Waals surface area contributed by atoms with E-state index < -0.39 is 11.8 Å². The van der Waals surface area contributed by atoms with Gasteiger partial charge in [0.1, 0.15) is 11.4 Å². The number of benzene rings is 1. The molecular formula is C17H18ClN5O3S. The van der Waals surface area contributed by atoms with Gasteiger partial charge in [-0.05, 0) is 42.0 Å². The number of methoxy groups -OCH3 is 1. The summed E-state index contributed by atoms with van der Waals surface area (Å²) in [7, 11) is 1.60. The van der Waals surface area contributed by atoms with Crippen molar-refractivity contribution < 1.29 is 14.3 Å². The van der Waals surface area contributed by atoms with Crippen LogP contribution >= 0.6 is 23.8 Å². The molecule has 142 valence electrons. The molecule has 1 heterocycles. The van der Waals surface area contributed by atoms with Crippen molar-refractivity contribution in [3.63, 3.8) is 0 Å². The number of rotatable bonds is 6. The quantitative estimate of drug-likeness (QED) is 0.421. The second-order valence-corrected chi connectivity index (χ2v) is 6.09. The molecule has 0 saturated heterocycles. The second kappa shape index (κ2) is 10.3. The minimum absolute atomic E-state index is 0.125. The Morgan fingerprint density at radius 3 is 2.56 bits per heavy atom. The van der Waals surface area contributed by atoms with Crippen molar-refractivity contribution in [2.24, 2.45) is 0 Å². The minimum Gasteiger partial charge on any atom is -0.497 e. The van der Waals surface area contributed by atoms with E-state index in [9.17, 15) is 9.59 Å². The minimum atomic E-state index is -0.507. The number of hydrazine groups is 1. The van der Waals surface area contributed by atoms with Crippen LogP contribution in [0, 0.1) is 0 Å². The number of halogens is 1. The lowest BCUT2D eigenvalue weighted by Crippen LogP contribution is -2.49. The molecule has 0 fully saturated rings. The van der Waals surface area contributed by atoms with E-state index in [2.05, 4.69) is 26.5 Å². The Bertz CT molecular complexity index is 816. The zero-order valence-electron chi connectivity index (χ0n) is 14.4. The fourth-order valence-electron chi connectivity index (χ4n) is 1.92. The SMILES string of the molecule is COc1ccc(CNC(=S)NNC(=O)CNC(=O)c2cc(Cl)ccn2)cc1. The van der Waals surface area contributed by atoms with Gasteiger partial charge in [-0.1, -0.05) is 23.7 Å². The first-order valence-corrected chi connectivity index (χ1v) is 8.62. The van der Waals surface area contributed by atoms with E-state index in [1.807, 2.05) is 24.3 Å². The lowest BCUT2D eigenvalue weighted by atomic mass is 10.2. The predicted molar refractivity (Wildman–Crippen MR) is 105 cm³/mol. The van der Waals surface area contributed by atoms with Gasteiger partial charge in [-0.25, -0.2) is 0 Å². The molecule has 2 aromatic rings. The van der Waals surface area contributed by atoms with Crippen molar-refractivity contribution in [2.75, 3.05) is 13.7 Å². The molecule has 0 spiro atoms. The Morgan fingerprint density at radius 1 is 1.15 bits per heavy atom.